The summed E-state index contributed by atoms with van der Waals surface area (Å²) >= 11 is 0. The maximum Gasteiger partial charge on any atom is 0.336 e. The Labute approximate surface area is 125 Å². The lowest BCUT2D eigenvalue weighted by atomic mass is 9.94. The SMILES string of the molecule is O=C(O)/C=C/c1ccccc1-c1c(C(=O)O)ccc(O)c1O. The third kappa shape index (κ3) is 2.90. The first-order valence-electron chi connectivity index (χ1n) is 6.20. The van der Waals surface area contributed by atoms with E-state index in [2.05, 4.69) is 0 Å². The molecule has 0 aliphatic carbocycles. The maximum atomic E-state index is 11.3. The van der Waals surface area contributed by atoms with Crippen molar-refractivity contribution in [1.29, 1.82) is 0 Å². The molecule has 2 aromatic rings. The van der Waals surface area contributed by atoms with Crippen LogP contribution in [0.1, 0.15) is 15.9 Å². The van der Waals surface area contributed by atoms with Crippen LogP contribution in [-0.4, -0.2) is 32.4 Å². The van der Waals surface area contributed by atoms with Gasteiger partial charge in [-0.1, -0.05) is 24.3 Å². The van der Waals surface area contributed by atoms with E-state index in [4.69, 9.17) is 5.11 Å². The highest BCUT2D eigenvalue weighted by atomic mass is 16.4. The monoisotopic (exact) mass is 300 g/mol. The van der Waals surface area contributed by atoms with Gasteiger partial charge in [-0.25, -0.2) is 9.59 Å². The standard InChI is InChI=1S/C16H12O6/c17-12-7-6-11(16(21)22)14(15(12)20)10-4-2-1-3-9(10)5-8-13(18)19/h1-8,17,20H,(H,18,19)(H,21,22)/b8-5+. The number of benzene rings is 2. The largest absolute Gasteiger partial charge is 0.504 e. The van der Waals surface area contributed by atoms with E-state index in [1.54, 1.807) is 18.2 Å². The number of phenols is 2. The lowest BCUT2D eigenvalue weighted by molar-refractivity contribution is -0.131. The normalized spacial score (nSPS) is 10.7. The third-order valence-electron chi connectivity index (χ3n) is 3.02. The van der Waals surface area contributed by atoms with Gasteiger partial charge < -0.3 is 20.4 Å². The van der Waals surface area contributed by atoms with Crippen LogP contribution >= 0.6 is 0 Å². The molecule has 0 aliphatic rings. The summed E-state index contributed by atoms with van der Waals surface area (Å²) in [7, 11) is 0. The lowest BCUT2D eigenvalue weighted by Crippen LogP contribution is -2.00. The summed E-state index contributed by atoms with van der Waals surface area (Å²) in [5.74, 6) is -3.47. The molecule has 0 heterocycles. The first-order chi connectivity index (χ1) is 10.4. The molecule has 112 valence electrons. The Bertz CT molecular complexity index is 776. The first kappa shape index (κ1) is 15.1. The zero-order valence-corrected chi connectivity index (χ0v) is 11.2. The molecule has 0 saturated carbocycles. The minimum Gasteiger partial charge on any atom is -0.504 e. The van der Waals surface area contributed by atoms with Crippen LogP contribution in [-0.2, 0) is 4.79 Å². The van der Waals surface area contributed by atoms with E-state index in [9.17, 15) is 24.9 Å². The van der Waals surface area contributed by atoms with Crippen LogP contribution in [0, 0.1) is 0 Å². The highest BCUT2D eigenvalue weighted by molar-refractivity contribution is 6.00. The summed E-state index contributed by atoms with van der Waals surface area (Å²) in [5, 5.41) is 37.6. The van der Waals surface area contributed by atoms with Gasteiger partial charge in [-0.2, -0.15) is 0 Å². The van der Waals surface area contributed by atoms with Crippen LogP contribution in [0.15, 0.2) is 42.5 Å². The number of carboxylic acid groups (broad SMARTS) is 2. The van der Waals surface area contributed by atoms with Crippen molar-refractivity contribution >= 4 is 18.0 Å². The molecule has 6 nitrogen and oxygen atoms in total. The van der Waals surface area contributed by atoms with Gasteiger partial charge in [0.1, 0.15) is 0 Å². The zero-order valence-electron chi connectivity index (χ0n) is 11.2. The molecule has 0 atom stereocenters. The molecule has 22 heavy (non-hydrogen) atoms. The maximum absolute atomic E-state index is 11.3. The van der Waals surface area contributed by atoms with E-state index in [0.717, 1.165) is 12.1 Å². The molecule has 2 rings (SSSR count). The molecule has 0 saturated heterocycles. The Hall–Kier alpha value is -3.28. The van der Waals surface area contributed by atoms with Gasteiger partial charge in [0.2, 0.25) is 0 Å². The zero-order chi connectivity index (χ0) is 16.3. The molecule has 6 heteroatoms. The molecule has 2 aromatic carbocycles. The van der Waals surface area contributed by atoms with Crippen LogP contribution in [0.5, 0.6) is 11.5 Å². The Morgan fingerprint density at radius 2 is 1.64 bits per heavy atom. The van der Waals surface area contributed by atoms with E-state index in [1.165, 1.54) is 18.2 Å². The van der Waals surface area contributed by atoms with Crippen LogP contribution in [0.3, 0.4) is 0 Å². The predicted octanol–water partition coefficient (Wildman–Crippen LogP) is 2.56. The Balaban J connectivity index is 2.74. The minimum atomic E-state index is -1.28. The van der Waals surface area contributed by atoms with Crippen molar-refractivity contribution in [2.75, 3.05) is 0 Å². The van der Waals surface area contributed by atoms with Crippen molar-refractivity contribution in [2.45, 2.75) is 0 Å². The van der Waals surface area contributed by atoms with E-state index in [1.807, 2.05) is 0 Å². The molecular formula is C16H12O6. The van der Waals surface area contributed by atoms with E-state index >= 15 is 0 Å². The Kier molecular flexibility index (Phi) is 4.13. The number of carbonyl (C=O) groups is 2. The average molecular weight is 300 g/mol. The second-order valence-electron chi connectivity index (χ2n) is 4.42. The predicted molar refractivity (Wildman–Crippen MR) is 78.8 cm³/mol. The summed E-state index contributed by atoms with van der Waals surface area (Å²) in [4.78, 5) is 22.0. The molecule has 0 spiro atoms. The Morgan fingerprint density at radius 3 is 2.27 bits per heavy atom. The van der Waals surface area contributed by atoms with Gasteiger partial charge in [-0.05, 0) is 29.3 Å². The molecule has 4 N–H and O–H groups in total. The number of aromatic hydroxyl groups is 2. The van der Waals surface area contributed by atoms with Crippen molar-refractivity contribution < 1.29 is 30.0 Å². The highest BCUT2D eigenvalue weighted by Crippen LogP contribution is 2.40. The molecular weight excluding hydrogens is 288 g/mol. The quantitative estimate of drug-likeness (QED) is 0.509. The molecule has 0 bridgehead atoms. The fraction of sp³-hybridized carbons (Fsp3) is 0. The van der Waals surface area contributed by atoms with Crippen molar-refractivity contribution in [3.05, 3.63) is 53.6 Å². The van der Waals surface area contributed by atoms with Crippen molar-refractivity contribution in [3.8, 4) is 22.6 Å². The number of aromatic carboxylic acids is 1. The summed E-state index contributed by atoms with van der Waals surface area (Å²) in [6.45, 7) is 0. The molecule has 0 fully saturated rings. The summed E-state index contributed by atoms with van der Waals surface area (Å²) in [5.41, 5.74) is 0.420. The highest BCUT2D eigenvalue weighted by Gasteiger charge is 2.20. The van der Waals surface area contributed by atoms with Gasteiger partial charge in [0.05, 0.1) is 5.56 Å². The van der Waals surface area contributed by atoms with Crippen LogP contribution in [0.4, 0.5) is 0 Å². The number of aliphatic carboxylic acids is 1. The first-order valence-corrected chi connectivity index (χ1v) is 6.20. The van der Waals surface area contributed by atoms with Gasteiger partial charge >= 0.3 is 11.9 Å². The van der Waals surface area contributed by atoms with Crippen LogP contribution in [0.2, 0.25) is 0 Å². The van der Waals surface area contributed by atoms with E-state index in [0.29, 0.717) is 11.1 Å². The molecule has 0 unspecified atom stereocenters. The molecule has 0 aliphatic heterocycles. The average Bonchev–Trinajstić information content (AvgIpc) is 2.48. The number of carboxylic acids is 2. The van der Waals surface area contributed by atoms with Gasteiger partial charge in [0.25, 0.3) is 0 Å². The molecule has 0 amide bonds. The fourth-order valence-corrected chi connectivity index (χ4v) is 2.06. The second-order valence-corrected chi connectivity index (χ2v) is 4.42. The topological polar surface area (TPSA) is 115 Å². The number of phenolic OH excluding ortho intramolecular Hbond substituents is 2. The van der Waals surface area contributed by atoms with Crippen LogP contribution in [0.25, 0.3) is 17.2 Å². The van der Waals surface area contributed by atoms with Crippen molar-refractivity contribution in [2.24, 2.45) is 0 Å². The smallest absolute Gasteiger partial charge is 0.336 e. The number of hydrogen-bond acceptors (Lipinski definition) is 4. The summed E-state index contributed by atoms with van der Waals surface area (Å²) in [6.07, 6.45) is 2.19. The minimum absolute atomic E-state index is 0.0712. The summed E-state index contributed by atoms with van der Waals surface area (Å²) < 4.78 is 0. The van der Waals surface area contributed by atoms with Crippen molar-refractivity contribution in [1.82, 2.24) is 0 Å². The third-order valence-corrected chi connectivity index (χ3v) is 3.02. The van der Waals surface area contributed by atoms with Gasteiger partial charge in [0.15, 0.2) is 11.5 Å². The van der Waals surface area contributed by atoms with E-state index in [-0.39, 0.29) is 11.1 Å². The van der Waals surface area contributed by atoms with Crippen LogP contribution < -0.4 is 0 Å². The lowest BCUT2D eigenvalue weighted by Gasteiger charge is -2.12. The summed E-state index contributed by atoms with van der Waals surface area (Å²) in [6, 6.07) is 8.61. The number of rotatable bonds is 4. The Morgan fingerprint density at radius 1 is 0.955 bits per heavy atom. The molecule has 0 aromatic heterocycles. The van der Waals surface area contributed by atoms with Gasteiger partial charge in [-0.15, -0.1) is 0 Å². The second kappa shape index (κ2) is 6.01. The molecule has 0 radical (unpaired) electrons. The van der Waals surface area contributed by atoms with Gasteiger partial charge in [-0.3, -0.25) is 0 Å². The van der Waals surface area contributed by atoms with Gasteiger partial charge in [0, 0.05) is 11.6 Å². The van der Waals surface area contributed by atoms with E-state index < -0.39 is 23.4 Å². The fourth-order valence-electron chi connectivity index (χ4n) is 2.06. The number of hydrogen-bond donors (Lipinski definition) is 4. The van der Waals surface area contributed by atoms with Crippen molar-refractivity contribution in [3.63, 3.8) is 0 Å².